The smallest absolute Gasteiger partial charge is 0.223 e. The minimum atomic E-state index is 0.0795. The van der Waals surface area contributed by atoms with Gasteiger partial charge < -0.3 is 11.1 Å². The monoisotopic (exact) mass is 214 g/mol. The highest BCUT2D eigenvalue weighted by Crippen LogP contribution is 2.51. The lowest BCUT2D eigenvalue weighted by molar-refractivity contribution is -0.123. The maximum absolute atomic E-state index is 11.6. The van der Waals surface area contributed by atoms with Gasteiger partial charge >= 0.3 is 0 Å². The molecule has 0 radical (unpaired) electrons. The van der Waals surface area contributed by atoms with Crippen molar-refractivity contribution in [1.29, 1.82) is 0 Å². The van der Waals surface area contributed by atoms with Gasteiger partial charge in [0.25, 0.3) is 0 Å². The molecule has 0 aromatic carbocycles. The molecule has 0 spiro atoms. The summed E-state index contributed by atoms with van der Waals surface area (Å²) in [6.07, 6.45) is 0.986. The van der Waals surface area contributed by atoms with Crippen molar-refractivity contribution >= 4 is 23.1 Å². The van der Waals surface area contributed by atoms with Crippen molar-refractivity contribution < 1.29 is 4.79 Å². The first kappa shape index (κ1) is 11.4. The average molecular weight is 214 g/mol. The fourth-order valence-corrected chi connectivity index (χ4v) is 1.48. The van der Waals surface area contributed by atoms with Crippen molar-refractivity contribution in [2.45, 2.75) is 27.2 Å². The second-order valence-corrected chi connectivity index (χ2v) is 5.27. The molecule has 0 aromatic heterocycles. The molecule has 0 aliphatic heterocycles. The van der Waals surface area contributed by atoms with Gasteiger partial charge in [-0.1, -0.05) is 33.0 Å². The summed E-state index contributed by atoms with van der Waals surface area (Å²) in [4.78, 5) is 12.0. The molecule has 2 atom stereocenters. The lowest BCUT2D eigenvalue weighted by atomic mass is 10.1. The first-order chi connectivity index (χ1) is 6.34. The number of amides is 1. The Balaban J connectivity index is 2.26. The Kier molecular flexibility index (Phi) is 3.14. The first-order valence-corrected chi connectivity index (χ1v) is 5.32. The van der Waals surface area contributed by atoms with Crippen LogP contribution < -0.4 is 11.1 Å². The Morgan fingerprint density at radius 1 is 1.71 bits per heavy atom. The van der Waals surface area contributed by atoms with Gasteiger partial charge in [-0.05, 0) is 11.8 Å². The number of hydrogen-bond acceptors (Lipinski definition) is 2. The number of carbonyl (C=O) groups is 1. The molecular weight excluding hydrogens is 196 g/mol. The van der Waals surface area contributed by atoms with Gasteiger partial charge in [0.1, 0.15) is 0 Å². The van der Waals surface area contributed by atoms with E-state index >= 15 is 0 Å². The van der Waals surface area contributed by atoms with Crippen LogP contribution in [-0.2, 0) is 4.79 Å². The van der Waals surface area contributed by atoms with Crippen LogP contribution >= 0.6 is 12.2 Å². The summed E-state index contributed by atoms with van der Waals surface area (Å²) in [5, 5.41) is 2.87. The van der Waals surface area contributed by atoms with Gasteiger partial charge in [-0.2, -0.15) is 0 Å². The molecule has 0 aromatic rings. The van der Waals surface area contributed by atoms with E-state index in [4.69, 9.17) is 18.0 Å². The standard InChI is InChI=1S/C10H18N2OS/c1-6(8(11)14)5-12-9(13)7-4-10(7,2)3/h6-7H,4-5H2,1-3H3,(H2,11,14)(H,12,13). The maximum Gasteiger partial charge on any atom is 0.223 e. The summed E-state index contributed by atoms with van der Waals surface area (Å²) >= 11 is 4.82. The molecular formula is C10H18N2OS. The van der Waals surface area contributed by atoms with E-state index < -0.39 is 0 Å². The van der Waals surface area contributed by atoms with E-state index in [-0.39, 0.29) is 23.2 Å². The summed E-state index contributed by atoms with van der Waals surface area (Å²) < 4.78 is 0. The Hall–Kier alpha value is -0.640. The average Bonchev–Trinajstić information content (AvgIpc) is 2.70. The second kappa shape index (κ2) is 3.85. The van der Waals surface area contributed by atoms with E-state index in [1.807, 2.05) is 6.92 Å². The molecule has 4 heteroatoms. The van der Waals surface area contributed by atoms with Crippen LogP contribution in [0.5, 0.6) is 0 Å². The summed E-state index contributed by atoms with van der Waals surface area (Å²) in [7, 11) is 0. The Morgan fingerprint density at radius 2 is 2.21 bits per heavy atom. The predicted molar refractivity (Wildman–Crippen MR) is 60.8 cm³/mol. The van der Waals surface area contributed by atoms with E-state index in [0.29, 0.717) is 11.5 Å². The lowest BCUT2D eigenvalue weighted by Crippen LogP contribution is -2.35. The summed E-state index contributed by atoms with van der Waals surface area (Å²) in [6.45, 7) is 6.68. The molecule has 1 aliphatic rings. The Morgan fingerprint density at radius 3 is 2.57 bits per heavy atom. The van der Waals surface area contributed by atoms with Crippen molar-refractivity contribution in [2.75, 3.05) is 6.54 Å². The molecule has 3 nitrogen and oxygen atoms in total. The fourth-order valence-electron chi connectivity index (χ4n) is 1.39. The van der Waals surface area contributed by atoms with Crippen molar-refractivity contribution in [3.63, 3.8) is 0 Å². The largest absolute Gasteiger partial charge is 0.393 e. The number of nitrogens with two attached hydrogens (primary N) is 1. The van der Waals surface area contributed by atoms with E-state index in [9.17, 15) is 4.79 Å². The first-order valence-electron chi connectivity index (χ1n) is 4.91. The van der Waals surface area contributed by atoms with Crippen molar-refractivity contribution in [3.05, 3.63) is 0 Å². The van der Waals surface area contributed by atoms with Crippen molar-refractivity contribution in [1.82, 2.24) is 5.32 Å². The zero-order chi connectivity index (χ0) is 10.9. The number of rotatable bonds is 4. The quantitative estimate of drug-likeness (QED) is 0.688. The van der Waals surface area contributed by atoms with Gasteiger partial charge in [0.05, 0.1) is 4.99 Å². The van der Waals surface area contributed by atoms with E-state index in [1.165, 1.54) is 0 Å². The van der Waals surface area contributed by atoms with Crippen LogP contribution in [0, 0.1) is 17.3 Å². The third-order valence-electron chi connectivity index (χ3n) is 2.90. The second-order valence-electron chi connectivity index (χ2n) is 4.79. The number of carbonyl (C=O) groups excluding carboxylic acids is 1. The number of thiocarbonyl (C=S) groups is 1. The van der Waals surface area contributed by atoms with Crippen LogP contribution in [0.3, 0.4) is 0 Å². The normalized spacial score (nSPS) is 25.2. The molecule has 1 aliphatic carbocycles. The van der Waals surface area contributed by atoms with Gasteiger partial charge in [-0.15, -0.1) is 0 Å². The third kappa shape index (κ3) is 2.67. The highest BCUT2D eigenvalue weighted by atomic mass is 32.1. The van der Waals surface area contributed by atoms with Crippen LogP contribution in [0.1, 0.15) is 27.2 Å². The highest BCUT2D eigenvalue weighted by Gasteiger charge is 2.50. The molecule has 1 saturated carbocycles. The number of nitrogens with one attached hydrogen (secondary N) is 1. The van der Waals surface area contributed by atoms with Gasteiger partial charge in [-0.3, -0.25) is 4.79 Å². The molecule has 0 saturated heterocycles. The molecule has 80 valence electrons. The van der Waals surface area contributed by atoms with Crippen LogP contribution in [-0.4, -0.2) is 17.4 Å². The minimum absolute atomic E-state index is 0.0795. The highest BCUT2D eigenvalue weighted by molar-refractivity contribution is 7.80. The van der Waals surface area contributed by atoms with Crippen molar-refractivity contribution in [3.8, 4) is 0 Å². The molecule has 1 rings (SSSR count). The summed E-state index contributed by atoms with van der Waals surface area (Å²) in [5.41, 5.74) is 5.64. The van der Waals surface area contributed by atoms with E-state index in [0.717, 1.165) is 6.42 Å². The van der Waals surface area contributed by atoms with Crippen LogP contribution in [0.2, 0.25) is 0 Å². The topological polar surface area (TPSA) is 55.1 Å². The van der Waals surface area contributed by atoms with Crippen LogP contribution in [0.25, 0.3) is 0 Å². The molecule has 1 amide bonds. The zero-order valence-corrected chi connectivity index (χ0v) is 9.78. The SMILES string of the molecule is CC(CNC(=O)C1CC1(C)C)C(N)=S. The molecule has 0 bridgehead atoms. The molecule has 3 N–H and O–H groups in total. The molecule has 0 heterocycles. The van der Waals surface area contributed by atoms with Crippen LogP contribution in [0.4, 0.5) is 0 Å². The van der Waals surface area contributed by atoms with E-state index in [1.54, 1.807) is 0 Å². The lowest BCUT2D eigenvalue weighted by Gasteiger charge is -2.11. The minimum Gasteiger partial charge on any atom is -0.393 e. The van der Waals surface area contributed by atoms with Gasteiger partial charge in [0, 0.05) is 18.4 Å². The zero-order valence-electron chi connectivity index (χ0n) is 8.96. The fraction of sp³-hybridized carbons (Fsp3) is 0.800. The van der Waals surface area contributed by atoms with Gasteiger partial charge in [0.2, 0.25) is 5.91 Å². The Labute approximate surface area is 90.4 Å². The van der Waals surface area contributed by atoms with Crippen LogP contribution in [0.15, 0.2) is 0 Å². The van der Waals surface area contributed by atoms with Gasteiger partial charge in [-0.25, -0.2) is 0 Å². The van der Waals surface area contributed by atoms with E-state index in [2.05, 4.69) is 19.2 Å². The summed E-state index contributed by atoms with van der Waals surface area (Å²) in [5.74, 6) is 0.398. The summed E-state index contributed by atoms with van der Waals surface area (Å²) in [6, 6.07) is 0. The maximum atomic E-state index is 11.6. The van der Waals surface area contributed by atoms with Gasteiger partial charge in [0.15, 0.2) is 0 Å². The predicted octanol–water partition coefficient (Wildman–Crippen LogP) is 1.07. The third-order valence-corrected chi connectivity index (χ3v) is 3.30. The number of hydrogen-bond donors (Lipinski definition) is 2. The molecule has 14 heavy (non-hydrogen) atoms. The Bertz CT molecular complexity index is 263. The molecule has 2 unspecified atom stereocenters. The van der Waals surface area contributed by atoms with Crippen molar-refractivity contribution in [2.24, 2.45) is 23.0 Å². The molecule has 1 fully saturated rings.